The first kappa shape index (κ1) is 21.8. The second-order valence-corrected chi connectivity index (χ2v) is 8.87. The third kappa shape index (κ3) is 5.86. The van der Waals surface area contributed by atoms with Crippen LogP contribution in [0.5, 0.6) is 0 Å². The lowest BCUT2D eigenvalue weighted by atomic mass is 10.2. The molecule has 0 fully saturated rings. The van der Waals surface area contributed by atoms with Gasteiger partial charge < -0.3 is 10.6 Å². The van der Waals surface area contributed by atoms with Crippen molar-refractivity contribution < 1.29 is 0 Å². The molecule has 0 amide bonds. The molecule has 158 valence electrons. The lowest BCUT2D eigenvalue weighted by molar-refractivity contribution is 0.687. The molecule has 2 aromatic carbocycles. The molecular formula is C21H17BrCl2N6S. The van der Waals surface area contributed by atoms with Crippen LogP contribution in [-0.2, 0) is 13.1 Å². The number of thiocarbonyl (C=S) groups is 1. The van der Waals surface area contributed by atoms with Crippen LogP contribution < -0.4 is 10.6 Å². The molecule has 0 atom stereocenters. The lowest BCUT2D eigenvalue weighted by Gasteiger charge is -2.08. The fraction of sp³-hybridized carbons (Fsp3) is 0.0952. The summed E-state index contributed by atoms with van der Waals surface area (Å²) < 4.78 is 4.64. The summed E-state index contributed by atoms with van der Waals surface area (Å²) in [6.45, 7) is 1.13. The maximum atomic E-state index is 6.24. The minimum Gasteiger partial charge on any atom is -0.330 e. The minimum atomic E-state index is 0.421. The van der Waals surface area contributed by atoms with E-state index in [4.69, 9.17) is 35.4 Å². The first-order chi connectivity index (χ1) is 15.0. The van der Waals surface area contributed by atoms with Gasteiger partial charge in [-0.3, -0.25) is 9.36 Å². The average molecular weight is 536 g/mol. The van der Waals surface area contributed by atoms with Gasteiger partial charge in [0.2, 0.25) is 0 Å². The monoisotopic (exact) mass is 534 g/mol. The molecule has 0 saturated heterocycles. The van der Waals surface area contributed by atoms with Gasteiger partial charge >= 0.3 is 0 Å². The summed E-state index contributed by atoms with van der Waals surface area (Å²) in [5.74, 6) is 0.614. The van der Waals surface area contributed by atoms with Crippen molar-refractivity contribution in [3.05, 3.63) is 92.8 Å². The maximum Gasteiger partial charge on any atom is 0.176 e. The quantitative estimate of drug-likeness (QED) is 0.294. The highest BCUT2D eigenvalue weighted by Gasteiger charge is 2.09. The predicted molar refractivity (Wildman–Crippen MR) is 133 cm³/mol. The van der Waals surface area contributed by atoms with E-state index in [1.54, 1.807) is 23.0 Å². The summed E-state index contributed by atoms with van der Waals surface area (Å²) in [6.07, 6.45) is 5.46. The van der Waals surface area contributed by atoms with Crippen molar-refractivity contribution in [1.29, 1.82) is 0 Å². The summed E-state index contributed by atoms with van der Waals surface area (Å²) in [5, 5.41) is 16.7. The highest BCUT2D eigenvalue weighted by molar-refractivity contribution is 9.10. The van der Waals surface area contributed by atoms with Gasteiger partial charge in [0.15, 0.2) is 10.9 Å². The molecule has 4 rings (SSSR count). The van der Waals surface area contributed by atoms with E-state index in [9.17, 15) is 0 Å². The van der Waals surface area contributed by atoms with E-state index in [1.165, 1.54) is 0 Å². The van der Waals surface area contributed by atoms with Crippen LogP contribution >= 0.6 is 51.3 Å². The number of hydrogen-bond donors (Lipinski definition) is 2. The fourth-order valence-electron chi connectivity index (χ4n) is 2.93. The standard InChI is InChI=1S/C21H17BrCl2N6S/c22-15-6-4-14(5-7-15)11-30-12-16(10-25-30)26-21(31)27-20-8-9-29(28-20)13-17-18(23)2-1-3-19(17)24/h1-10,12H,11,13H2,(H2,26,27,28,31). The van der Waals surface area contributed by atoms with E-state index >= 15 is 0 Å². The van der Waals surface area contributed by atoms with Crippen molar-refractivity contribution >= 4 is 68.0 Å². The number of nitrogens with zero attached hydrogens (tertiary/aromatic N) is 4. The Balaban J connectivity index is 1.33. The van der Waals surface area contributed by atoms with Gasteiger partial charge in [0.1, 0.15) is 0 Å². The van der Waals surface area contributed by atoms with E-state index in [1.807, 2.05) is 41.3 Å². The van der Waals surface area contributed by atoms with E-state index < -0.39 is 0 Å². The van der Waals surface area contributed by atoms with Crippen LogP contribution in [0.3, 0.4) is 0 Å². The van der Waals surface area contributed by atoms with Crippen molar-refractivity contribution in [2.24, 2.45) is 0 Å². The molecule has 31 heavy (non-hydrogen) atoms. The van der Waals surface area contributed by atoms with Crippen molar-refractivity contribution in [2.75, 3.05) is 10.6 Å². The van der Waals surface area contributed by atoms with Gasteiger partial charge in [0, 0.05) is 38.5 Å². The summed E-state index contributed by atoms with van der Waals surface area (Å²) in [6, 6.07) is 15.4. The molecule has 6 nitrogen and oxygen atoms in total. The number of aromatic nitrogens is 4. The highest BCUT2D eigenvalue weighted by Crippen LogP contribution is 2.25. The van der Waals surface area contributed by atoms with Gasteiger partial charge in [-0.25, -0.2) is 0 Å². The molecule has 2 heterocycles. The van der Waals surface area contributed by atoms with E-state index in [0.717, 1.165) is 21.3 Å². The third-order valence-corrected chi connectivity index (χ3v) is 5.85. The molecule has 0 radical (unpaired) electrons. The van der Waals surface area contributed by atoms with Gasteiger partial charge in [0.25, 0.3) is 0 Å². The number of nitrogens with one attached hydrogen (secondary N) is 2. The summed E-state index contributed by atoms with van der Waals surface area (Å²) in [7, 11) is 0. The zero-order chi connectivity index (χ0) is 21.8. The second kappa shape index (κ2) is 9.82. The first-order valence-corrected chi connectivity index (χ1v) is 11.2. The van der Waals surface area contributed by atoms with Crippen molar-refractivity contribution in [1.82, 2.24) is 19.6 Å². The normalized spacial score (nSPS) is 10.8. The van der Waals surface area contributed by atoms with Gasteiger partial charge in [-0.15, -0.1) is 0 Å². The summed E-state index contributed by atoms with van der Waals surface area (Å²) >= 11 is 21.3. The third-order valence-electron chi connectivity index (χ3n) is 4.41. The van der Waals surface area contributed by atoms with Gasteiger partial charge in [-0.2, -0.15) is 10.2 Å². The number of rotatable bonds is 6. The smallest absolute Gasteiger partial charge is 0.176 e. The lowest BCUT2D eigenvalue weighted by Crippen LogP contribution is -2.19. The van der Waals surface area contributed by atoms with Crippen LogP contribution in [0.4, 0.5) is 11.5 Å². The molecule has 0 bridgehead atoms. The Kier molecular flexibility index (Phi) is 6.92. The molecule has 0 unspecified atom stereocenters. The molecule has 2 N–H and O–H groups in total. The Bertz CT molecular complexity index is 1180. The van der Waals surface area contributed by atoms with Crippen molar-refractivity contribution in [2.45, 2.75) is 13.1 Å². The van der Waals surface area contributed by atoms with Crippen LogP contribution in [0, 0.1) is 0 Å². The molecular weight excluding hydrogens is 519 g/mol. The van der Waals surface area contributed by atoms with Crippen LogP contribution in [0.25, 0.3) is 0 Å². The molecule has 0 saturated carbocycles. The Morgan fingerprint density at radius 3 is 2.45 bits per heavy atom. The molecule has 0 aliphatic carbocycles. The topological polar surface area (TPSA) is 59.7 Å². The SMILES string of the molecule is S=C(Nc1cnn(Cc2ccc(Br)cc2)c1)Nc1ccn(Cc2c(Cl)cccc2Cl)n1. The zero-order valence-corrected chi connectivity index (χ0v) is 20.0. The Morgan fingerprint density at radius 2 is 1.71 bits per heavy atom. The van der Waals surface area contributed by atoms with Crippen molar-refractivity contribution in [3.63, 3.8) is 0 Å². The van der Waals surface area contributed by atoms with E-state index in [0.29, 0.717) is 34.1 Å². The van der Waals surface area contributed by atoms with Gasteiger partial charge in [-0.1, -0.05) is 57.3 Å². The number of anilines is 2. The Hall–Kier alpha value is -2.39. The maximum absolute atomic E-state index is 6.24. The predicted octanol–water partition coefficient (Wildman–Crippen LogP) is 6.05. The second-order valence-electron chi connectivity index (χ2n) is 6.73. The fourth-order valence-corrected chi connectivity index (χ4v) is 3.94. The molecule has 10 heteroatoms. The highest BCUT2D eigenvalue weighted by atomic mass is 79.9. The summed E-state index contributed by atoms with van der Waals surface area (Å²) in [4.78, 5) is 0. The largest absolute Gasteiger partial charge is 0.330 e. The average Bonchev–Trinajstić information content (AvgIpc) is 3.36. The first-order valence-electron chi connectivity index (χ1n) is 9.27. The number of hydrogen-bond acceptors (Lipinski definition) is 3. The van der Waals surface area contributed by atoms with Crippen LogP contribution in [0.2, 0.25) is 10.0 Å². The van der Waals surface area contributed by atoms with Gasteiger partial charge in [0.05, 0.1) is 25.0 Å². The van der Waals surface area contributed by atoms with E-state index in [-0.39, 0.29) is 0 Å². The Morgan fingerprint density at radius 1 is 0.968 bits per heavy atom. The van der Waals surface area contributed by atoms with E-state index in [2.05, 4.69) is 48.9 Å². The number of benzene rings is 2. The number of halogens is 3. The van der Waals surface area contributed by atoms with Crippen LogP contribution in [-0.4, -0.2) is 24.7 Å². The van der Waals surface area contributed by atoms with Crippen LogP contribution in [0.15, 0.2) is 71.6 Å². The molecule has 0 aliphatic rings. The molecule has 4 aromatic rings. The molecule has 2 aromatic heterocycles. The minimum absolute atomic E-state index is 0.421. The zero-order valence-electron chi connectivity index (χ0n) is 16.1. The van der Waals surface area contributed by atoms with Crippen LogP contribution in [0.1, 0.15) is 11.1 Å². The molecule has 0 aliphatic heterocycles. The molecule has 0 spiro atoms. The summed E-state index contributed by atoms with van der Waals surface area (Å²) in [5.41, 5.74) is 2.76. The van der Waals surface area contributed by atoms with Gasteiger partial charge in [-0.05, 0) is 42.0 Å². The Labute approximate surface area is 203 Å². The van der Waals surface area contributed by atoms with Crippen molar-refractivity contribution in [3.8, 4) is 0 Å².